The SMILES string of the molecule is COC(=O)C1(C(=O)OC)CC(N2C(=O)CCC2=O)CC1(OCc1ccccc1)c1cccs1. The van der Waals surface area contributed by atoms with Crippen LogP contribution in [-0.2, 0) is 45.6 Å². The maximum atomic E-state index is 13.4. The van der Waals surface area contributed by atoms with Crippen LogP contribution in [0.3, 0.4) is 0 Å². The van der Waals surface area contributed by atoms with Crippen LogP contribution in [0.25, 0.3) is 0 Å². The highest BCUT2D eigenvalue weighted by molar-refractivity contribution is 7.10. The number of imide groups is 1. The molecule has 2 amide bonds. The molecule has 2 unspecified atom stereocenters. The van der Waals surface area contributed by atoms with E-state index >= 15 is 0 Å². The Kier molecular flexibility index (Phi) is 6.36. The molecule has 2 atom stereocenters. The quantitative estimate of drug-likeness (QED) is 0.348. The van der Waals surface area contributed by atoms with Crippen LogP contribution in [0.4, 0.5) is 0 Å². The van der Waals surface area contributed by atoms with Gasteiger partial charge in [-0.05, 0) is 23.4 Å². The third-order valence-electron chi connectivity index (χ3n) is 6.52. The van der Waals surface area contributed by atoms with Crippen molar-refractivity contribution in [3.8, 4) is 0 Å². The van der Waals surface area contributed by atoms with Gasteiger partial charge in [0, 0.05) is 30.2 Å². The maximum Gasteiger partial charge on any atom is 0.326 e. The van der Waals surface area contributed by atoms with Crippen LogP contribution in [0, 0.1) is 5.41 Å². The Morgan fingerprint density at radius 1 is 0.970 bits per heavy atom. The molecule has 2 aliphatic rings. The molecular weight excluding hydrogens is 446 g/mol. The Morgan fingerprint density at radius 2 is 1.61 bits per heavy atom. The minimum absolute atomic E-state index is 0.0715. The highest BCUT2D eigenvalue weighted by atomic mass is 32.1. The van der Waals surface area contributed by atoms with E-state index in [0.29, 0.717) is 4.88 Å². The van der Waals surface area contributed by atoms with Crippen molar-refractivity contribution in [2.75, 3.05) is 14.2 Å². The van der Waals surface area contributed by atoms with Crippen molar-refractivity contribution in [2.45, 2.75) is 43.9 Å². The third-order valence-corrected chi connectivity index (χ3v) is 7.54. The summed E-state index contributed by atoms with van der Waals surface area (Å²) >= 11 is 1.33. The number of nitrogens with zero attached hydrogens (tertiary/aromatic N) is 1. The molecule has 174 valence electrons. The number of ether oxygens (including phenoxy) is 3. The molecule has 8 nitrogen and oxygen atoms in total. The average Bonchev–Trinajstić information content (AvgIpc) is 3.56. The number of rotatable bonds is 7. The van der Waals surface area contributed by atoms with Crippen molar-refractivity contribution < 1.29 is 33.4 Å². The van der Waals surface area contributed by atoms with Gasteiger partial charge in [-0.15, -0.1) is 11.3 Å². The summed E-state index contributed by atoms with van der Waals surface area (Å²) in [7, 11) is 2.39. The van der Waals surface area contributed by atoms with Gasteiger partial charge in [0.05, 0.1) is 20.8 Å². The number of methoxy groups -OCH3 is 2. The van der Waals surface area contributed by atoms with Crippen molar-refractivity contribution >= 4 is 35.1 Å². The van der Waals surface area contributed by atoms with Gasteiger partial charge in [0.15, 0.2) is 0 Å². The molecule has 0 bridgehead atoms. The zero-order valence-electron chi connectivity index (χ0n) is 18.4. The lowest BCUT2D eigenvalue weighted by atomic mass is 9.72. The van der Waals surface area contributed by atoms with Gasteiger partial charge >= 0.3 is 11.9 Å². The molecule has 1 saturated carbocycles. The molecule has 2 heterocycles. The number of likely N-dealkylation sites (tertiary alicyclic amines) is 1. The number of hydrogen-bond donors (Lipinski definition) is 0. The van der Waals surface area contributed by atoms with E-state index in [4.69, 9.17) is 14.2 Å². The van der Waals surface area contributed by atoms with Gasteiger partial charge < -0.3 is 14.2 Å². The Bertz CT molecular complexity index is 1020. The van der Waals surface area contributed by atoms with Crippen LogP contribution in [0.5, 0.6) is 0 Å². The predicted octanol–water partition coefficient (Wildman–Crippen LogP) is 2.80. The van der Waals surface area contributed by atoms with E-state index in [-0.39, 0.29) is 44.1 Å². The van der Waals surface area contributed by atoms with Crippen LogP contribution in [0.2, 0.25) is 0 Å². The normalized spacial score (nSPS) is 24.2. The molecule has 4 rings (SSSR count). The Labute approximate surface area is 195 Å². The number of amides is 2. The molecule has 1 saturated heterocycles. The summed E-state index contributed by atoms with van der Waals surface area (Å²) in [4.78, 5) is 53.7. The zero-order chi connectivity index (χ0) is 23.6. The number of carbonyl (C=O) groups is 4. The summed E-state index contributed by atoms with van der Waals surface area (Å²) < 4.78 is 16.8. The minimum Gasteiger partial charge on any atom is -0.468 e. The summed E-state index contributed by atoms with van der Waals surface area (Å²) in [6.45, 7) is 0.100. The van der Waals surface area contributed by atoms with Crippen molar-refractivity contribution in [1.29, 1.82) is 0 Å². The molecule has 0 N–H and O–H groups in total. The summed E-state index contributed by atoms with van der Waals surface area (Å²) in [5.74, 6) is -2.29. The molecule has 9 heteroatoms. The largest absolute Gasteiger partial charge is 0.468 e. The van der Waals surface area contributed by atoms with E-state index in [9.17, 15) is 19.2 Å². The first-order valence-electron chi connectivity index (χ1n) is 10.6. The van der Waals surface area contributed by atoms with Crippen molar-refractivity contribution in [1.82, 2.24) is 4.90 Å². The Hall–Kier alpha value is -3.04. The average molecular weight is 472 g/mol. The first-order valence-corrected chi connectivity index (χ1v) is 11.5. The smallest absolute Gasteiger partial charge is 0.326 e. The second kappa shape index (κ2) is 9.07. The number of carbonyl (C=O) groups excluding carboxylic acids is 4. The molecule has 33 heavy (non-hydrogen) atoms. The van der Waals surface area contributed by atoms with E-state index in [1.54, 1.807) is 12.1 Å². The standard InChI is InChI=1S/C24H25NO7S/c1-30-21(28)23(22(29)31-2)13-17(25-19(26)10-11-20(25)27)14-24(23,18-9-6-12-33-18)32-15-16-7-4-3-5-8-16/h3-9,12,17H,10-11,13-15H2,1-2H3. The fourth-order valence-corrected chi connectivity index (χ4v) is 6.03. The minimum atomic E-state index is -1.90. The lowest BCUT2D eigenvalue weighted by molar-refractivity contribution is -0.198. The number of benzene rings is 1. The molecule has 1 aromatic heterocycles. The van der Waals surface area contributed by atoms with Crippen molar-refractivity contribution in [3.63, 3.8) is 0 Å². The van der Waals surface area contributed by atoms with Gasteiger partial charge in [0.1, 0.15) is 5.60 Å². The summed E-state index contributed by atoms with van der Waals surface area (Å²) in [5.41, 5.74) is -2.55. The lowest BCUT2D eigenvalue weighted by Gasteiger charge is -2.40. The number of esters is 2. The molecular formula is C24H25NO7S. The maximum absolute atomic E-state index is 13.4. The third kappa shape index (κ3) is 3.65. The van der Waals surface area contributed by atoms with Gasteiger partial charge in [-0.3, -0.25) is 24.1 Å². The lowest BCUT2D eigenvalue weighted by Crippen LogP contribution is -2.54. The van der Waals surface area contributed by atoms with Crippen LogP contribution in [0.15, 0.2) is 47.8 Å². The Morgan fingerprint density at radius 3 is 2.15 bits per heavy atom. The Balaban J connectivity index is 1.88. The molecule has 0 radical (unpaired) electrons. The molecule has 2 aromatic rings. The highest BCUT2D eigenvalue weighted by Crippen LogP contribution is 2.59. The van der Waals surface area contributed by atoms with Crippen molar-refractivity contribution in [3.05, 3.63) is 58.3 Å². The van der Waals surface area contributed by atoms with Gasteiger partial charge in [-0.2, -0.15) is 0 Å². The van der Waals surface area contributed by atoms with Crippen LogP contribution in [0.1, 0.15) is 36.1 Å². The van der Waals surface area contributed by atoms with E-state index in [0.717, 1.165) is 5.56 Å². The highest BCUT2D eigenvalue weighted by Gasteiger charge is 2.72. The number of hydrogen-bond acceptors (Lipinski definition) is 8. The van der Waals surface area contributed by atoms with E-state index in [2.05, 4.69) is 0 Å². The zero-order valence-corrected chi connectivity index (χ0v) is 19.3. The topological polar surface area (TPSA) is 99.2 Å². The van der Waals surface area contributed by atoms with Gasteiger partial charge in [0.25, 0.3) is 0 Å². The molecule has 1 aliphatic heterocycles. The van der Waals surface area contributed by atoms with Crippen LogP contribution in [-0.4, -0.2) is 48.9 Å². The molecule has 0 spiro atoms. The van der Waals surface area contributed by atoms with E-state index in [1.165, 1.54) is 30.5 Å². The summed E-state index contributed by atoms with van der Waals surface area (Å²) in [5, 5.41) is 1.82. The monoisotopic (exact) mass is 471 g/mol. The fourth-order valence-electron chi connectivity index (χ4n) is 5.06. The first kappa shape index (κ1) is 23.1. The molecule has 2 fully saturated rings. The predicted molar refractivity (Wildman–Crippen MR) is 118 cm³/mol. The second-order valence-electron chi connectivity index (χ2n) is 8.19. The van der Waals surface area contributed by atoms with E-state index in [1.807, 2.05) is 35.7 Å². The van der Waals surface area contributed by atoms with Gasteiger partial charge in [-0.25, -0.2) is 0 Å². The van der Waals surface area contributed by atoms with Gasteiger partial charge in [-0.1, -0.05) is 36.4 Å². The van der Waals surface area contributed by atoms with E-state index < -0.39 is 29.0 Å². The molecule has 1 aliphatic carbocycles. The van der Waals surface area contributed by atoms with Crippen LogP contribution >= 0.6 is 11.3 Å². The number of thiophene rings is 1. The second-order valence-corrected chi connectivity index (χ2v) is 9.13. The molecule has 1 aromatic carbocycles. The summed E-state index contributed by atoms with van der Waals surface area (Å²) in [6.07, 6.45) is 0.143. The summed E-state index contributed by atoms with van der Waals surface area (Å²) in [6, 6.07) is 12.2. The van der Waals surface area contributed by atoms with Gasteiger partial charge in [0.2, 0.25) is 17.2 Å². The fraction of sp³-hybridized carbons (Fsp3) is 0.417. The van der Waals surface area contributed by atoms with Crippen LogP contribution < -0.4 is 0 Å². The van der Waals surface area contributed by atoms with Crippen molar-refractivity contribution in [2.24, 2.45) is 5.41 Å². The first-order chi connectivity index (χ1) is 15.9.